The van der Waals surface area contributed by atoms with Gasteiger partial charge in [-0.15, -0.1) is 0 Å². The molecule has 0 unspecified atom stereocenters. The van der Waals surface area contributed by atoms with Gasteiger partial charge in [-0.1, -0.05) is 0 Å². The second-order valence-electron chi connectivity index (χ2n) is 0. The SMILES string of the molecule is [Ni].[Ni].[Ni].[Ni].[Ni].[Zn].[Zn].[Zn].[Zn].[Zn].[Zn].[Zn]. The monoisotopic (exact) mass is 737 g/mol. The third-order valence-corrected chi connectivity index (χ3v) is 0. The quantitative estimate of drug-likeness (QED) is 0.306. The Morgan fingerprint density at radius 2 is 0.167 bits per heavy atom. The maximum atomic E-state index is 0. The molecule has 0 amide bonds. The van der Waals surface area contributed by atoms with Crippen molar-refractivity contribution in [2.75, 3.05) is 0 Å². The van der Waals surface area contributed by atoms with E-state index in [9.17, 15) is 0 Å². The summed E-state index contributed by atoms with van der Waals surface area (Å²) >= 11 is 0. The molecule has 0 spiro atoms. The molecule has 0 aromatic carbocycles. The van der Waals surface area contributed by atoms with Crippen molar-refractivity contribution in [2.24, 2.45) is 0 Å². The fourth-order valence-electron chi connectivity index (χ4n) is 0. The van der Waals surface area contributed by atoms with Crippen LogP contribution in [0.1, 0.15) is 0 Å². The molecule has 0 aromatic heterocycles. The molecule has 0 nitrogen and oxygen atoms in total. The van der Waals surface area contributed by atoms with Gasteiger partial charge in [-0.3, -0.25) is 0 Å². The third-order valence-electron chi connectivity index (χ3n) is 0. The van der Waals surface area contributed by atoms with Gasteiger partial charge in [0.1, 0.15) is 0 Å². The fourth-order valence-corrected chi connectivity index (χ4v) is 0. The van der Waals surface area contributed by atoms with E-state index in [0.29, 0.717) is 0 Å². The van der Waals surface area contributed by atoms with Crippen molar-refractivity contribution in [3.05, 3.63) is 0 Å². The first-order valence-electron chi connectivity index (χ1n) is 0. The predicted octanol–water partition coefficient (Wildman–Crippen LogP) is -0.0300. The Labute approximate surface area is 214 Å². The molecule has 0 atom stereocenters. The molecule has 0 fully saturated rings. The summed E-state index contributed by atoms with van der Waals surface area (Å²) < 4.78 is 0. The van der Waals surface area contributed by atoms with E-state index >= 15 is 0 Å². The molecular formula is Ni5Zn7. The maximum absolute atomic E-state index is 0. The average Bonchev–Trinajstić information content (AvgIpc) is 0. The number of hydrogen-bond donors (Lipinski definition) is 0. The molecule has 0 radical (unpaired) electrons. The van der Waals surface area contributed by atoms with Crippen molar-refractivity contribution < 1.29 is 219 Å². The van der Waals surface area contributed by atoms with Gasteiger partial charge in [-0.2, -0.15) is 0 Å². The van der Waals surface area contributed by atoms with Crippen LogP contribution in [0.2, 0.25) is 0 Å². The van der Waals surface area contributed by atoms with Gasteiger partial charge in [-0.05, 0) is 0 Å². The van der Waals surface area contributed by atoms with Gasteiger partial charge in [0.2, 0.25) is 0 Å². The van der Waals surface area contributed by atoms with Crippen LogP contribution in [0.4, 0.5) is 0 Å². The van der Waals surface area contributed by atoms with Gasteiger partial charge in [0.05, 0.1) is 0 Å². The van der Waals surface area contributed by atoms with Gasteiger partial charge in [0.15, 0.2) is 0 Å². The zero-order chi connectivity index (χ0) is 0. The summed E-state index contributed by atoms with van der Waals surface area (Å²) in [5.74, 6) is 0. The number of rotatable bonds is 0. The van der Waals surface area contributed by atoms with E-state index in [2.05, 4.69) is 0 Å². The summed E-state index contributed by atoms with van der Waals surface area (Å²) in [7, 11) is 0. The third kappa shape index (κ3) is 90.4. The second-order valence-corrected chi connectivity index (χ2v) is 0. The molecular weight excluding hydrogens is 751 g/mol. The Balaban J connectivity index is 0. The van der Waals surface area contributed by atoms with Gasteiger partial charge in [0.25, 0.3) is 0 Å². The molecule has 0 N–H and O–H groups in total. The largest absolute Gasteiger partial charge is 0 e. The van der Waals surface area contributed by atoms with Crippen molar-refractivity contribution in [3.8, 4) is 0 Å². The molecule has 0 aromatic rings. The minimum Gasteiger partial charge on any atom is 0 e. The van der Waals surface area contributed by atoms with Crippen molar-refractivity contribution in [1.82, 2.24) is 0 Å². The zero-order valence-electron chi connectivity index (χ0n) is 6.53. The van der Waals surface area contributed by atoms with Crippen molar-refractivity contribution in [2.45, 2.75) is 0 Å². The van der Waals surface area contributed by atoms with E-state index in [-0.39, 0.29) is 219 Å². The standard InChI is InChI=1S/5Ni.7Zn. The van der Waals surface area contributed by atoms with E-state index in [0.717, 1.165) is 0 Å². The fraction of sp³-hybridized carbons (Fsp3) is 0. The predicted molar refractivity (Wildman–Crippen MR) is 0 cm³/mol. The van der Waals surface area contributed by atoms with E-state index < -0.39 is 0 Å². The van der Waals surface area contributed by atoms with Crippen LogP contribution in [0.5, 0.6) is 0 Å². The Hall–Kier alpha value is 6.83. The smallest absolute Gasteiger partial charge is 0 e. The van der Waals surface area contributed by atoms with Crippen molar-refractivity contribution >= 4 is 0 Å². The van der Waals surface area contributed by atoms with Crippen LogP contribution in [-0.2, 0) is 219 Å². The Morgan fingerprint density at radius 1 is 0.167 bits per heavy atom. The summed E-state index contributed by atoms with van der Waals surface area (Å²) in [6.07, 6.45) is 0. The second kappa shape index (κ2) is 108. The molecule has 0 heterocycles. The molecule has 0 aliphatic heterocycles. The molecule has 0 bridgehead atoms. The maximum Gasteiger partial charge on any atom is 0 e. The number of hydrogen-bond acceptors (Lipinski definition) is 0. The summed E-state index contributed by atoms with van der Waals surface area (Å²) in [5, 5.41) is 0. The molecule has 0 rings (SSSR count). The summed E-state index contributed by atoms with van der Waals surface area (Å²) in [4.78, 5) is 0. The van der Waals surface area contributed by atoms with Crippen LogP contribution in [0.25, 0.3) is 0 Å². The Kier molecular flexibility index (Phi) is 1160. The van der Waals surface area contributed by atoms with Crippen molar-refractivity contribution in [1.29, 1.82) is 0 Å². The van der Waals surface area contributed by atoms with E-state index in [1.165, 1.54) is 0 Å². The summed E-state index contributed by atoms with van der Waals surface area (Å²) in [6.45, 7) is 0. The minimum absolute atomic E-state index is 0. The first-order chi connectivity index (χ1) is 0. The summed E-state index contributed by atoms with van der Waals surface area (Å²) in [6, 6.07) is 0. The first kappa shape index (κ1) is 128. The van der Waals surface area contributed by atoms with Gasteiger partial charge in [-0.25, -0.2) is 0 Å². The zero-order valence-corrected chi connectivity index (χ0v) is 32.2. The normalized spacial score (nSPS) is 0. The van der Waals surface area contributed by atoms with Crippen LogP contribution in [0.3, 0.4) is 0 Å². The average molecular weight is 751 g/mol. The molecule has 0 aliphatic rings. The van der Waals surface area contributed by atoms with Crippen LogP contribution in [0, 0.1) is 0 Å². The molecule has 12 heavy (non-hydrogen) atoms. The molecule has 0 saturated carbocycles. The van der Waals surface area contributed by atoms with Crippen LogP contribution >= 0.6 is 0 Å². The van der Waals surface area contributed by atoms with E-state index in [4.69, 9.17) is 0 Å². The van der Waals surface area contributed by atoms with E-state index in [1.807, 2.05) is 0 Å². The Bertz CT molecular complexity index is 11.8. The minimum atomic E-state index is 0. The van der Waals surface area contributed by atoms with Crippen LogP contribution in [-0.4, -0.2) is 0 Å². The van der Waals surface area contributed by atoms with Crippen LogP contribution < -0.4 is 0 Å². The van der Waals surface area contributed by atoms with Gasteiger partial charge in [0, 0.05) is 219 Å². The Morgan fingerprint density at radius 3 is 0.167 bits per heavy atom. The topological polar surface area (TPSA) is 0 Å². The molecule has 64 valence electrons. The van der Waals surface area contributed by atoms with Gasteiger partial charge >= 0.3 is 0 Å². The van der Waals surface area contributed by atoms with Crippen LogP contribution in [0.15, 0.2) is 0 Å². The summed E-state index contributed by atoms with van der Waals surface area (Å²) in [5.41, 5.74) is 0. The molecule has 12 heteroatoms. The van der Waals surface area contributed by atoms with E-state index in [1.54, 1.807) is 0 Å². The first-order valence-corrected chi connectivity index (χ1v) is 0. The molecule has 0 saturated heterocycles. The van der Waals surface area contributed by atoms with Crippen molar-refractivity contribution in [3.63, 3.8) is 0 Å². The molecule has 0 aliphatic carbocycles. The van der Waals surface area contributed by atoms with Gasteiger partial charge < -0.3 is 0 Å².